The lowest BCUT2D eigenvalue weighted by Crippen LogP contribution is -2.53. The summed E-state index contributed by atoms with van der Waals surface area (Å²) in [5, 5.41) is 2.92. The van der Waals surface area contributed by atoms with Crippen LogP contribution >= 0.6 is 0 Å². The van der Waals surface area contributed by atoms with Crippen molar-refractivity contribution in [1.29, 1.82) is 0 Å². The Morgan fingerprint density at radius 2 is 1.43 bits per heavy atom. The van der Waals surface area contributed by atoms with E-state index in [1.165, 1.54) is 81.9 Å². The summed E-state index contributed by atoms with van der Waals surface area (Å²) in [6.45, 7) is 3.09. The minimum atomic E-state index is -4.57. The third-order valence-corrected chi connectivity index (χ3v) is 9.89. The Balaban J connectivity index is 1.90. The minimum Gasteiger partial charge on any atom is -0.497 e. The maximum absolute atomic E-state index is 15.2. The highest BCUT2D eigenvalue weighted by molar-refractivity contribution is 7.92. The summed E-state index contributed by atoms with van der Waals surface area (Å²) < 4.78 is 67.0. The zero-order valence-corrected chi connectivity index (χ0v) is 30.4. The number of rotatable bonds is 17. The minimum absolute atomic E-state index is 0.00491. The molecule has 272 valence electrons. The number of carbonyl (C=O) groups excluding carboxylic acids is 2. The van der Waals surface area contributed by atoms with Crippen molar-refractivity contribution in [2.75, 3.05) is 45.8 Å². The summed E-state index contributed by atoms with van der Waals surface area (Å²) in [6.07, 6.45) is 0.0792. The van der Waals surface area contributed by atoms with Crippen LogP contribution in [0.5, 0.6) is 23.0 Å². The maximum atomic E-state index is 15.2. The second-order valence-corrected chi connectivity index (χ2v) is 13.9. The molecule has 13 heteroatoms. The standard InChI is InChI=1S/C38H44FN3O8S/c1-26(2)23-40-38(44)33(20-27-12-8-7-9-13-27)41(24-28-14-10-11-15-31(28)39)37(43)25-42(32-21-29(47-3)16-18-34(32)48-4)51(45,46)30-17-19-35(49-5)36(22-30)50-6/h7-19,21-22,26,33H,20,23-25H2,1-6H3,(H,40,44)/t33-/m1/s1. The number of carbonyl (C=O) groups is 2. The van der Waals surface area contributed by atoms with Gasteiger partial charge in [-0.05, 0) is 41.8 Å². The normalized spacial score (nSPS) is 11.8. The first-order valence-electron chi connectivity index (χ1n) is 16.2. The van der Waals surface area contributed by atoms with Gasteiger partial charge in [-0.15, -0.1) is 0 Å². The molecule has 1 atom stereocenters. The number of halogens is 1. The largest absolute Gasteiger partial charge is 0.497 e. The third kappa shape index (κ3) is 9.48. The van der Waals surface area contributed by atoms with Gasteiger partial charge in [-0.25, -0.2) is 12.8 Å². The van der Waals surface area contributed by atoms with Crippen LogP contribution in [0.3, 0.4) is 0 Å². The van der Waals surface area contributed by atoms with Crippen molar-refractivity contribution < 1.29 is 41.3 Å². The van der Waals surface area contributed by atoms with E-state index in [2.05, 4.69) is 5.32 Å². The molecule has 4 rings (SSSR count). The molecule has 2 amide bonds. The molecule has 1 N–H and O–H groups in total. The molecule has 0 aromatic heterocycles. The first-order valence-corrected chi connectivity index (χ1v) is 17.7. The molecule has 0 saturated heterocycles. The number of hydrogen-bond acceptors (Lipinski definition) is 8. The van der Waals surface area contributed by atoms with Gasteiger partial charge in [0.05, 0.1) is 39.0 Å². The molecular formula is C38H44FN3O8S. The second kappa shape index (κ2) is 17.6. The van der Waals surface area contributed by atoms with E-state index >= 15 is 4.39 Å². The van der Waals surface area contributed by atoms with Gasteiger partial charge in [-0.1, -0.05) is 62.4 Å². The van der Waals surface area contributed by atoms with Crippen molar-refractivity contribution in [3.63, 3.8) is 0 Å². The van der Waals surface area contributed by atoms with Gasteiger partial charge < -0.3 is 29.2 Å². The first kappa shape index (κ1) is 38.5. The van der Waals surface area contributed by atoms with E-state index in [0.717, 1.165) is 9.87 Å². The first-order chi connectivity index (χ1) is 24.4. The van der Waals surface area contributed by atoms with Crippen LogP contribution in [0.15, 0.2) is 95.9 Å². The highest BCUT2D eigenvalue weighted by atomic mass is 32.2. The number of methoxy groups -OCH3 is 4. The fourth-order valence-electron chi connectivity index (χ4n) is 5.40. The van der Waals surface area contributed by atoms with Crippen molar-refractivity contribution in [3.8, 4) is 23.0 Å². The second-order valence-electron chi connectivity index (χ2n) is 12.0. The molecular weight excluding hydrogens is 677 g/mol. The number of amides is 2. The van der Waals surface area contributed by atoms with Crippen molar-refractivity contribution in [3.05, 3.63) is 108 Å². The SMILES string of the molecule is COc1ccc(OC)c(N(CC(=O)N(Cc2ccccc2F)[C@H](Cc2ccccc2)C(=O)NCC(C)C)S(=O)(=O)c2ccc(OC)c(OC)c2)c1. The molecule has 0 bridgehead atoms. The van der Waals surface area contributed by atoms with Crippen LogP contribution in [-0.4, -0.2) is 72.7 Å². The molecule has 0 heterocycles. The molecule has 0 aliphatic carbocycles. The van der Waals surface area contributed by atoms with Crippen LogP contribution in [0.4, 0.5) is 10.1 Å². The summed E-state index contributed by atoms with van der Waals surface area (Å²) in [5.41, 5.74) is 0.890. The lowest BCUT2D eigenvalue weighted by molar-refractivity contribution is -0.140. The van der Waals surface area contributed by atoms with Gasteiger partial charge in [0.2, 0.25) is 11.8 Å². The van der Waals surface area contributed by atoms with Gasteiger partial charge in [0.25, 0.3) is 10.0 Å². The number of ether oxygens (including phenoxy) is 4. The van der Waals surface area contributed by atoms with Crippen LogP contribution in [0.1, 0.15) is 25.0 Å². The molecule has 4 aromatic carbocycles. The molecule has 51 heavy (non-hydrogen) atoms. The van der Waals surface area contributed by atoms with Crippen LogP contribution < -0.4 is 28.6 Å². The quantitative estimate of drug-likeness (QED) is 0.152. The Kier molecular flexibility index (Phi) is 13.3. The number of nitrogens with zero attached hydrogens (tertiary/aromatic N) is 2. The zero-order chi connectivity index (χ0) is 37.1. The van der Waals surface area contributed by atoms with Crippen LogP contribution in [-0.2, 0) is 32.6 Å². The molecule has 0 radical (unpaired) electrons. The van der Waals surface area contributed by atoms with Gasteiger partial charge in [-0.3, -0.25) is 13.9 Å². The van der Waals surface area contributed by atoms with Gasteiger partial charge in [0.1, 0.15) is 29.9 Å². The summed E-state index contributed by atoms with van der Waals surface area (Å²) >= 11 is 0. The Morgan fingerprint density at radius 3 is 2.06 bits per heavy atom. The van der Waals surface area contributed by atoms with E-state index in [9.17, 15) is 18.0 Å². The van der Waals surface area contributed by atoms with Crippen LogP contribution in [0, 0.1) is 11.7 Å². The average molecular weight is 722 g/mol. The molecule has 0 fully saturated rings. The zero-order valence-electron chi connectivity index (χ0n) is 29.6. The van der Waals surface area contributed by atoms with E-state index < -0.39 is 40.2 Å². The number of nitrogens with one attached hydrogen (secondary N) is 1. The fraction of sp³-hybridized carbons (Fsp3) is 0.316. The Morgan fingerprint density at radius 1 is 0.784 bits per heavy atom. The highest BCUT2D eigenvalue weighted by Crippen LogP contribution is 2.38. The summed E-state index contributed by atoms with van der Waals surface area (Å²) in [7, 11) is 1.02. The van der Waals surface area contributed by atoms with Crippen molar-refractivity contribution in [2.45, 2.75) is 37.8 Å². The fourth-order valence-corrected chi connectivity index (χ4v) is 6.83. The number of hydrogen-bond donors (Lipinski definition) is 1. The summed E-state index contributed by atoms with van der Waals surface area (Å²) in [6, 6.07) is 22.5. The molecule has 0 unspecified atom stereocenters. The summed E-state index contributed by atoms with van der Waals surface area (Å²) in [5.74, 6) is -0.852. The molecule has 0 spiro atoms. The topological polar surface area (TPSA) is 124 Å². The summed E-state index contributed by atoms with van der Waals surface area (Å²) in [4.78, 5) is 29.8. The lowest BCUT2D eigenvalue weighted by Gasteiger charge is -2.34. The molecule has 0 aliphatic heterocycles. The van der Waals surface area contributed by atoms with Gasteiger partial charge in [-0.2, -0.15) is 0 Å². The van der Waals surface area contributed by atoms with Crippen molar-refractivity contribution >= 4 is 27.5 Å². The lowest BCUT2D eigenvalue weighted by atomic mass is 10.0. The average Bonchev–Trinajstić information content (AvgIpc) is 3.14. The number of benzene rings is 4. The molecule has 11 nitrogen and oxygen atoms in total. The predicted molar refractivity (Wildman–Crippen MR) is 192 cm³/mol. The monoisotopic (exact) mass is 721 g/mol. The van der Waals surface area contributed by atoms with E-state index in [0.29, 0.717) is 18.0 Å². The maximum Gasteiger partial charge on any atom is 0.265 e. The van der Waals surface area contributed by atoms with Gasteiger partial charge in [0.15, 0.2) is 11.5 Å². The van der Waals surface area contributed by atoms with E-state index in [1.807, 2.05) is 44.2 Å². The highest BCUT2D eigenvalue weighted by Gasteiger charge is 2.36. The van der Waals surface area contributed by atoms with Gasteiger partial charge >= 0.3 is 0 Å². The van der Waals surface area contributed by atoms with Gasteiger partial charge in [0, 0.05) is 37.2 Å². The van der Waals surface area contributed by atoms with E-state index in [4.69, 9.17) is 18.9 Å². The smallest absolute Gasteiger partial charge is 0.265 e. The molecule has 4 aromatic rings. The number of sulfonamides is 1. The molecule has 0 aliphatic rings. The van der Waals surface area contributed by atoms with E-state index in [-0.39, 0.29) is 46.5 Å². The third-order valence-electron chi connectivity index (χ3n) is 8.13. The molecule has 0 saturated carbocycles. The Labute approximate surface area is 298 Å². The van der Waals surface area contributed by atoms with Crippen LogP contribution in [0.25, 0.3) is 0 Å². The van der Waals surface area contributed by atoms with Crippen molar-refractivity contribution in [1.82, 2.24) is 10.2 Å². The van der Waals surface area contributed by atoms with Crippen LogP contribution in [0.2, 0.25) is 0 Å². The predicted octanol–water partition coefficient (Wildman–Crippen LogP) is 5.47. The Bertz CT molecular complexity index is 1910. The number of anilines is 1. The van der Waals surface area contributed by atoms with Crippen molar-refractivity contribution in [2.24, 2.45) is 5.92 Å². The Hall–Kier alpha value is -5.30. The van der Waals surface area contributed by atoms with E-state index in [1.54, 1.807) is 12.1 Å².